The lowest BCUT2D eigenvalue weighted by Gasteiger charge is -2.29. The second kappa shape index (κ2) is 5.92. The van der Waals surface area contributed by atoms with Crippen LogP contribution in [0.2, 0.25) is 5.02 Å². The largest absolute Gasteiger partial charge is 0.489 e. The quantitative estimate of drug-likeness (QED) is 0.555. The Morgan fingerprint density at radius 2 is 2.15 bits per heavy atom. The summed E-state index contributed by atoms with van der Waals surface area (Å²) >= 11 is 7.44. The number of thiazole rings is 1. The molecule has 2 heterocycles. The zero-order valence-corrected chi connectivity index (χ0v) is 15.8. The summed E-state index contributed by atoms with van der Waals surface area (Å²) in [7, 11) is 0. The molecule has 4 rings (SSSR count). The Labute approximate surface area is 158 Å². The van der Waals surface area contributed by atoms with E-state index in [4.69, 9.17) is 21.3 Å². The second-order valence-electron chi connectivity index (χ2n) is 7.24. The number of aromatic nitrogens is 1. The first-order valence-electron chi connectivity index (χ1n) is 8.16. The van der Waals surface area contributed by atoms with Crippen molar-refractivity contribution < 1.29 is 14.5 Å². The van der Waals surface area contributed by atoms with Crippen LogP contribution in [0, 0.1) is 15.5 Å². The lowest BCUT2D eigenvalue weighted by atomic mass is 9.78. The third-order valence-corrected chi connectivity index (χ3v) is 6.01. The number of fused-ring (bicyclic) bond motifs is 2. The van der Waals surface area contributed by atoms with Crippen LogP contribution in [0.4, 0.5) is 16.5 Å². The molecular formula is C17H16ClN3O4S. The van der Waals surface area contributed by atoms with Crippen molar-refractivity contribution in [2.75, 3.05) is 18.1 Å². The van der Waals surface area contributed by atoms with E-state index in [9.17, 15) is 14.9 Å². The Morgan fingerprint density at radius 1 is 1.38 bits per heavy atom. The molecule has 0 saturated carbocycles. The van der Waals surface area contributed by atoms with E-state index in [0.29, 0.717) is 41.0 Å². The molecule has 0 atom stereocenters. The normalized spacial score (nSPS) is 18.1. The zero-order chi connectivity index (χ0) is 18.6. The molecule has 0 radical (unpaired) electrons. The molecule has 0 spiro atoms. The molecule has 136 valence electrons. The first kappa shape index (κ1) is 17.2. The van der Waals surface area contributed by atoms with Crippen molar-refractivity contribution in [1.82, 2.24) is 4.98 Å². The van der Waals surface area contributed by atoms with Gasteiger partial charge in [0.05, 0.1) is 33.8 Å². The minimum absolute atomic E-state index is 0.0442. The summed E-state index contributed by atoms with van der Waals surface area (Å²) in [6.45, 7) is 5.03. The molecular weight excluding hydrogens is 378 g/mol. The van der Waals surface area contributed by atoms with Gasteiger partial charge in [-0.1, -0.05) is 36.8 Å². The van der Waals surface area contributed by atoms with Gasteiger partial charge in [-0.05, 0) is 17.9 Å². The van der Waals surface area contributed by atoms with Crippen molar-refractivity contribution in [2.24, 2.45) is 5.41 Å². The van der Waals surface area contributed by atoms with Crippen LogP contribution in [0.1, 0.15) is 35.6 Å². The van der Waals surface area contributed by atoms with Crippen LogP contribution in [0.15, 0.2) is 12.1 Å². The SMILES string of the molecule is CC1(C)CC(=O)c2sc(N3CCOc4cc([N+](=O)[O-])c(Cl)cc43)nc2C1. The monoisotopic (exact) mass is 393 g/mol. The number of ketones is 1. The fourth-order valence-electron chi connectivity index (χ4n) is 3.39. The zero-order valence-electron chi connectivity index (χ0n) is 14.2. The number of carbonyl (C=O) groups is 1. The van der Waals surface area contributed by atoms with E-state index in [1.165, 1.54) is 23.5 Å². The van der Waals surface area contributed by atoms with E-state index >= 15 is 0 Å². The van der Waals surface area contributed by atoms with Crippen LogP contribution >= 0.6 is 22.9 Å². The molecule has 1 aliphatic carbocycles. The average molecular weight is 394 g/mol. The first-order valence-corrected chi connectivity index (χ1v) is 9.36. The van der Waals surface area contributed by atoms with Gasteiger partial charge < -0.3 is 9.64 Å². The lowest BCUT2D eigenvalue weighted by molar-refractivity contribution is -0.384. The molecule has 2 aromatic rings. The minimum atomic E-state index is -0.534. The van der Waals surface area contributed by atoms with Gasteiger partial charge in [0.1, 0.15) is 17.4 Å². The van der Waals surface area contributed by atoms with Gasteiger partial charge in [0.15, 0.2) is 10.9 Å². The second-order valence-corrected chi connectivity index (χ2v) is 8.63. The Kier molecular flexibility index (Phi) is 3.92. The van der Waals surface area contributed by atoms with E-state index in [0.717, 1.165) is 12.1 Å². The van der Waals surface area contributed by atoms with Crippen molar-refractivity contribution in [3.05, 3.63) is 37.8 Å². The maximum atomic E-state index is 12.4. The number of carbonyl (C=O) groups excluding carboxylic acids is 1. The highest BCUT2D eigenvalue weighted by Gasteiger charge is 2.35. The van der Waals surface area contributed by atoms with Gasteiger partial charge in [-0.15, -0.1) is 0 Å². The van der Waals surface area contributed by atoms with Gasteiger partial charge in [-0.2, -0.15) is 0 Å². The number of nitrogens with zero attached hydrogens (tertiary/aromatic N) is 3. The van der Waals surface area contributed by atoms with Gasteiger partial charge >= 0.3 is 0 Å². The molecule has 26 heavy (non-hydrogen) atoms. The minimum Gasteiger partial charge on any atom is -0.489 e. The van der Waals surface area contributed by atoms with Crippen LogP contribution in [-0.4, -0.2) is 28.8 Å². The number of halogens is 1. The number of anilines is 2. The number of rotatable bonds is 2. The number of Topliss-reactive ketones (excluding diaryl/α,β-unsaturated/α-hetero) is 1. The average Bonchev–Trinajstić information content (AvgIpc) is 2.96. The summed E-state index contributed by atoms with van der Waals surface area (Å²) in [6.07, 6.45) is 1.27. The summed E-state index contributed by atoms with van der Waals surface area (Å²) in [4.78, 5) is 30.3. The van der Waals surface area contributed by atoms with Crippen molar-refractivity contribution in [3.8, 4) is 5.75 Å². The van der Waals surface area contributed by atoms with Crippen molar-refractivity contribution in [2.45, 2.75) is 26.7 Å². The fraction of sp³-hybridized carbons (Fsp3) is 0.412. The van der Waals surface area contributed by atoms with Crippen LogP contribution in [0.5, 0.6) is 5.75 Å². The highest BCUT2D eigenvalue weighted by atomic mass is 35.5. The molecule has 0 bridgehead atoms. The standard InChI is InChI=1S/C17H16ClN3O4S/c1-17(2)7-10-15(13(22)8-17)26-16(19-10)20-3-4-25-14-6-11(21(23)24)9(18)5-12(14)20/h5-6H,3-4,7-8H2,1-2H3. The highest BCUT2D eigenvalue weighted by Crippen LogP contribution is 2.45. The van der Waals surface area contributed by atoms with Gasteiger partial charge in [0.2, 0.25) is 0 Å². The Hall–Kier alpha value is -2.19. The Morgan fingerprint density at radius 3 is 2.88 bits per heavy atom. The van der Waals surface area contributed by atoms with E-state index in [-0.39, 0.29) is 21.9 Å². The Balaban J connectivity index is 1.77. The molecule has 2 aliphatic rings. The van der Waals surface area contributed by atoms with Gasteiger partial charge in [-0.25, -0.2) is 4.98 Å². The maximum Gasteiger partial charge on any atom is 0.291 e. The van der Waals surface area contributed by atoms with Crippen LogP contribution < -0.4 is 9.64 Å². The van der Waals surface area contributed by atoms with Gasteiger partial charge in [0.25, 0.3) is 5.69 Å². The van der Waals surface area contributed by atoms with Gasteiger partial charge in [-0.3, -0.25) is 14.9 Å². The number of benzene rings is 1. The van der Waals surface area contributed by atoms with Crippen LogP contribution in [0.25, 0.3) is 0 Å². The summed E-state index contributed by atoms with van der Waals surface area (Å²) < 4.78 is 5.58. The highest BCUT2D eigenvalue weighted by molar-refractivity contribution is 7.17. The summed E-state index contributed by atoms with van der Waals surface area (Å²) in [5.41, 5.74) is 1.17. The summed E-state index contributed by atoms with van der Waals surface area (Å²) in [5.74, 6) is 0.516. The number of nitro benzene ring substituents is 1. The topological polar surface area (TPSA) is 85.6 Å². The summed E-state index contributed by atoms with van der Waals surface area (Å²) in [6, 6.07) is 2.87. The van der Waals surface area contributed by atoms with Gasteiger partial charge in [0, 0.05) is 6.42 Å². The molecule has 9 heteroatoms. The van der Waals surface area contributed by atoms with E-state index < -0.39 is 4.92 Å². The predicted molar refractivity (Wildman–Crippen MR) is 99.2 cm³/mol. The molecule has 1 aromatic carbocycles. The Bertz CT molecular complexity index is 940. The third-order valence-electron chi connectivity index (χ3n) is 4.54. The fourth-order valence-corrected chi connectivity index (χ4v) is 4.67. The smallest absolute Gasteiger partial charge is 0.291 e. The van der Waals surface area contributed by atoms with Crippen molar-refractivity contribution >= 4 is 45.2 Å². The van der Waals surface area contributed by atoms with E-state index in [1.807, 2.05) is 4.90 Å². The molecule has 1 aliphatic heterocycles. The number of hydrogen-bond acceptors (Lipinski definition) is 7. The molecule has 1 aromatic heterocycles. The maximum absolute atomic E-state index is 12.4. The number of nitro groups is 1. The third kappa shape index (κ3) is 2.83. The number of ether oxygens (including phenoxy) is 1. The molecule has 0 fully saturated rings. The van der Waals surface area contributed by atoms with Crippen LogP contribution in [0.3, 0.4) is 0 Å². The molecule has 0 unspecified atom stereocenters. The van der Waals surface area contributed by atoms with E-state index in [2.05, 4.69) is 13.8 Å². The molecule has 0 amide bonds. The first-order chi connectivity index (χ1) is 12.2. The number of hydrogen-bond donors (Lipinski definition) is 0. The van der Waals surface area contributed by atoms with Crippen LogP contribution in [-0.2, 0) is 6.42 Å². The summed E-state index contributed by atoms with van der Waals surface area (Å²) in [5, 5.41) is 11.8. The van der Waals surface area contributed by atoms with E-state index in [1.54, 1.807) is 0 Å². The van der Waals surface area contributed by atoms with Crippen molar-refractivity contribution in [3.63, 3.8) is 0 Å². The molecule has 0 saturated heterocycles. The molecule has 7 nitrogen and oxygen atoms in total. The molecule has 0 N–H and O–H groups in total. The predicted octanol–water partition coefficient (Wildman–Crippen LogP) is 4.39. The lowest BCUT2D eigenvalue weighted by Crippen LogP contribution is -2.28. The van der Waals surface area contributed by atoms with Crippen molar-refractivity contribution in [1.29, 1.82) is 0 Å².